The highest BCUT2D eigenvalue weighted by Gasteiger charge is 2.35. The average Bonchev–Trinajstić information content (AvgIpc) is 3.86. The molecule has 3 atom stereocenters. The van der Waals surface area contributed by atoms with Gasteiger partial charge < -0.3 is 44.1 Å². The van der Waals surface area contributed by atoms with E-state index in [9.17, 15) is 14.4 Å². The number of fused-ring (bicyclic) bond motifs is 4. The number of rotatable bonds is 14. The highest BCUT2D eigenvalue weighted by atomic mass is 16.5. The van der Waals surface area contributed by atoms with E-state index in [1.54, 1.807) is 67.6 Å². The van der Waals surface area contributed by atoms with E-state index >= 15 is 0 Å². The van der Waals surface area contributed by atoms with Crippen LogP contribution in [0, 0.1) is 0 Å². The minimum absolute atomic E-state index is 0.119. The molecule has 8 rings (SSSR count). The van der Waals surface area contributed by atoms with Crippen LogP contribution in [0.4, 0.5) is 17.1 Å². The number of hydrogen-bond donors (Lipinski definition) is 2. The maximum Gasteiger partial charge on any atom is 0.260 e. The molecule has 60 heavy (non-hydrogen) atoms. The summed E-state index contributed by atoms with van der Waals surface area (Å²) in [5, 5.41) is 5.83. The number of aliphatic imine (C=N–C) groups is 2. The minimum atomic E-state index is -0.316. The summed E-state index contributed by atoms with van der Waals surface area (Å²) in [7, 11) is 6.44. The minimum Gasteiger partial charge on any atom is -0.497 e. The third kappa shape index (κ3) is 7.93. The molecule has 0 aliphatic carbocycles. The van der Waals surface area contributed by atoms with Crippen LogP contribution in [-0.4, -0.2) is 99.7 Å². The number of anilines is 1. The second-order valence-electron chi connectivity index (χ2n) is 14.7. The van der Waals surface area contributed by atoms with Gasteiger partial charge in [0.1, 0.15) is 5.75 Å². The van der Waals surface area contributed by atoms with Crippen LogP contribution < -0.4 is 34.3 Å². The lowest BCUT2D eigenvalue weighted by Gasteiger charge is -2.19. The van der Waals surface area contributed by atoms with Crippen molar-refractivity contribution >= 4 is 58.4 Å². The first-order valence-electron chi connectivity index (χ1n) is 19.8. The second-order valence-corrected chi connectivity index (χ2v) is 14.7. The second kappa shape index (κ2) is 17.1. The lowest BCUT2D eigenvalue weighted by Crippen LogP contribution is -2.35. The normalized spacial score (nSPS) is 17.9. The van der Waals surface area contributed by atoms with Crippen LogP contribution in [0.5, 0.6) is 28.7 Å². The van der Waals surface area contributed by atoms with Crippen molar-refractivity contribution in [1.29, 1.82) is 0 Å². The van der Waals surface area contributed by atoms with Gasteiger partial charge in [0.2, 0.25) is 5.91 Å². The number of methoxy groups -OCH3 is 3. The van der Waals surface area contributed by atoms with Crippen LogP contribution in [0.2, 0.25) is 0 Å². The number of likely N-dealkylation sites (N-methyl/N-ethyl adjacent to an activating group) is 1. The highest BCUT2D eigenvalue weighted by Crippen LogP contribution is 2.42. The van der Waals surface area contributed by atoms with E-state index in [2.05, 4.69) is 10.6 Å². The Morgan fingerprint density at radius 1 is 0.700 bits per heavy atom. The first-order valence-corrected chi connectivity index (χ1v) is 19.8. The molecule has 14 heteroatoms. The summed E-state index contributed by atoms with van der Waals surface area (Å²) < 4.78 is 28.9. The Balaban J connectivity index is 0.887. The van der Waals surface area contributed by atoms with Crippen molar-refractivity contribution in [3.63, 3.8) is 0 Å². The lowest BCUT2D eigenvalue weighted by atomic mass is 10.0. The van der Waals surface area contributed by atoms with E-state index in [1.165, 1.54) is 14.2 Å². The molecule has 2 N–H and O–H groups in total. The Labute approximate surface area is 348 Å². The van der Waals surface area contributed by atoms with Crippen molar-refractivity contribution in [2.45, 2.75) is 44.3 Å². The molecule has 0 fully saturated rings. The third-order valence-corrected chi connectivity index (χ3v) is 11.0. The Hall–Kier alpha value is -6.93. The first kappa shape index (κ1) is 39.9. The molecule has 0 radical (unpaired) electrons. The molecular formula is C46H46N6O8. The van der Waals surface area contributed by atoms with Crippen LogP contribution in [-0.2, 0) is 4.79 Å². The Morgan fingerprint density at radius 2 is 1.18 bits per heavy atom. The van der Waals surface area contributed by atoms with Crippen molar-refractivity contribution in [1.82, 2.24) is 15.1 Å². The molecule has 0 saturated heterocycles. The van der Waals surface area contributed by atoms with Gasteiger partial charge in [-0.3, -0.25) is 24.4 Å². The number of amides is 3. The van der Waals surface area contributed by atoms with Crippen molar-refractivity contribution in [3.8, 4) is 28.7 Å². The summed E-state index contributed by atoms with van der Waals surface area (Å²) >= 11 is 0. The predicted molar refractivity (Wildman–Crippen MR) is 230 cm³/mol. The topological polar surface area (TPSA) is 153 Å². The van der Waals surface area contributed by atoms with Gasteiger partial charge in [-0.1, -0.05) is 24.3 Å². The maximum absolute atomic E-state index is 13.9. The zero-order valence-electron chi connectivity index (χ0n) is 34.1. The number of benzene rings is 4. The van der Waals surface area contributed by atoms with Gasteiger partial charge in [-0.2, -0.15) is 0 Å². The Bertz CT molecular complexity index is 2440. The summed E-state index contributed by atoms with van der Waals surface area (Å²) in [5.41, 5.74) is 6.53. The van der Waals surface area contributed by atoms with Crippen molar-refractivity contribution < 1.29 is 38.1 Å². The molecule has 3 amide bonds. The fourth-order valence-corrected chi connectivity index (χ4v) is 7.52. The van der Waals surface area contributed by atoms with E-state index in [0.29, 0.717) is 70.4 Å². The van der Waals surface area contributed by atoms with E-state index in [4.69, 9.17) is 33.7 Å². The molecule has 4 aliphatic heterocycles. The summed E-state index contributed by atoms with van der Waals surface area (Å²) in [6.07, 6.45) is 9.09. The molecule has 4 aromatic carbocycles. The molecule has 4 heterocycles. The van der Waals surface area contributed by atoms with Crippen LogP contribution in [0.25, 0.3) is 11.1 Å². The van der Waals surface area contributed by atoms with Crippen molar-refractivity contribution in [2.75, 3.05) is 46.9 Å². The molecule has 0 bridgehead atoms. The predicted octanol–water partition coefficient (Wildman–Crippen LogP) is 7.05. The fourth-order valence-electron chi connectivity index (χ4n) is 7.52. The molecule has 0 saturated carbocycles. The zero-order chi connectivity index (χ0) is 41.9. The molecule has 0 aromatic heterocycles. The molecular weight excluding hydrogens is 765 g/mol. The molecule has 14 nitrogen and oxygen atoms in total. The number of hydrogen-bond acceptors (Lipinski definition) is 11. The molecule has 1 unspecified atom stereocenters. The number of carbonyl (C=O) groups excluding carboxylic acids is 3. The number of ether oxygens (including phenoxy) is 5. The Morgan fingerprint density at radius 3 is 1.63 bits per heavy atom. The molecule has 0 spiro atoms. The number of nitrogens with one attached hydrogen (secondary N) is 2. The monoisotopic (exact) mass is 810 g/mol. The fraction of sp³-hybridized carbons (Fsp3) is 0.283. The van der Waals surface area contributed by atoms with Gasteiger partial charge in [0, 0.05) is 61.9 Å². The molecule has 4 aromatic rings. The van der Waals surface area contributed by atoms with E-state index in [0.717, 1.165) is 28.0 Å². The summed E-state index contributed by atoms with van der Waals surface area (Å²) in [4.78, 5) is 52.8. The van der Waals surface area contributed by atoms with E-state index in [-0.39, 0.29) is 49.1 Å². The molecule has 4 aliphatic rings. The van der Waals surface area contributed by atoms with Crippen LogP contribution in [0.15, 0.2) is 95.2 Å². The summed E-state index contributed by atoms with van der Waals surface area (Å²) in [5.74, 6) is 2.05. The maximum atomic E-state index is 13.9. The van der Waals surface area contributed by atoms with Gasteiger partial charge in [0.25, 0.3) is 11.8 Å². The smallest absolute Gasteiger partial charge is 0.260 e. The third-order valence-electron chi connectivity index (χ3n) is 11.0. The quantitative estimate of drug-likeness (QED) is 0.128. The SMILES string of the molecule is CN[C@@H](C)C(=O)Nc1ccc(C2=CN3C(=O)c4cc(OC)c(OCCCOc5cc6c(cc5OC)C(=O)N5C=C(c7ccc(OC)cc7)CC5C=N6)cc4N=C[C@@H]3C2)cc1. The largest absolute Gasteiger partial charge is 0.497 e. The van der Waals surface area contributed by atoms with Gasteiger partial charge in [0.05, 0.1) is 75.2 Å². The van der Waals surface area contributed by atoms with Gasteiger partial charge in [-0.25, -0.2) is 0 Å². The highest BCUT2D eigenvalue weighted by molar-refractivity contribution is 6.06. The number of nitrogens with zero attached hydrogens (tertiary/aromatic N) is 4. The zero-order valence-corrected chi connectivity index (χ0v) is 34.1. The summed E-state index contributed by atoms with van der Waals surface area (Å²) in [6, 6.07) is 21.4. The lowest BCUT2D eigenvalue weighted by molar-refractivity contribution is -0.117. The van der Waals surface area contributed by atoms with Crippen molar-refractivity contribution in [3.05, 3.63) is 107 Å². The molecule has 308 valence electrons. The van der Waals surface area contributed by atoms with Crippen LogP contribution in [0.1, 0.15) is 58.0 Å². The van der Waals surface area contributed by atoms with E-state index in [1.807, 2.05) is 60.9 Å². The van der Waals surface area contributed by atoms with Gasteiger partial charge in [-0.15, -0.1) is 0 Å². The number of carbonyl (C=O) groups is 3. The van der Waals surface area contributed by atoms with E-state index < -0.39 is 0 Å². The van der Waals surface area contributed by atoms with Crippen LogP contribution >= 0.6 is 0 Å². The van der Waals surface area contributed by atoms with Gasteiger partial charge in [-0.05, 0) is 72.6 Å². The van der Waals surface area contributed by atoms with Crippen molar-refractivity contribution in [2.24, 2.45) is 9.98 Å². The first-order chi connectivity index (χ1) is 29.2. The summed E-state index contributed by atoms with van der Waals surface area (Å²) in [6.45, 7) is 2.37. The average molecular weight is 811 g/mol. The Kier molecular flexibility index (Phi) is 11.4. The van der Waals surface area contributed by atoms with Gasteiger partial charge in [0.15, 0.2) is 23.0 Å². The standard InChI is InChI=1S/C46H46N6O8/c1-27(47-2)44(53)50-32-11-7-28(8-12-32)30-17-33-23-48-38-21-42(40(57-4)19-36(38)45(54)51(33)25-30)59-15-6-16-60-43-22-39-37(20-41(43)58-5)46(55)52-26-31(18-34(52)24-49-39)29-9-13-35(56-3)14-10-29/h7-14,19-27,33-34,47H,6,15-18H2,1-5H3,(H,50,53)/t27-,33-,34?/m0/s1. The van der Waals surface area contributed by atoms with Gasteiger partial charge >= 0.3 is 0 Å². The van der Waals surface area contributed by atoms with Crippen LogP contribution in [0.3, 0.4) is 0 Å².